The van der Waals surface area contributed by atoms with Crippen molar-refractivity contribution in [3.8, 4) is 0 Å². The zero-order valence-electron chi connectivity index (χ0n) is 14.5. The van der Waals surface area contributed by atoms with Crippen LogP contribution in [0, 0.1) is 5.92 Å². The summed E-state index contributed by atoms with van der Waals surface area (Å²) in [6.45, 7) is 1.17. The lowest BCUT2D eigenvalue weighted by atomic mass is 9.87. The van der Waals surface area contributed by atoms with Gasteiger partial charge in [0.05, 0.1) is 18.1 Å². The van der Waals surface area contributed by atoms with Crippen LogP contribution in [0.4, 0.5) is 0 Å². The van der Waals surface area contributed by atoms with Crippen molar-refractivity contribution in [1.82, 2.24) is 4.90 Å². The predicted octanol–water partition coefficient (Wildman–Crippen LogP) is 2.90. The number of carboxylic acids is 1. The number of benzene rings is 2. The van der Waals surface area contributed by atoms with E-state index in [-0.39, 0.29) is 23.8 Å². The number of rotatable bonds is 5. The minimum Gasteiger partial charge on any atom is -0.478 e. The van der Waals surface area contributed by atoms with Crippen molar-refractivity contribution in [3.05, 3.63) is 71.3 Å². The number of carbonyl (C=O) groups excluding carboxylic acids is 1. The van der Waals surface area contributed by atoms with Gasteiger partial charge >= 0.3 is 5.97 Å². The number of piperidine rings is 1. The first kappa shape index (κ1) is 18.1. The molecule has 1 amide bonds. The van der Waals surface area contributed by atoms with Gasteiger partial charge in [0, 0.05) is 13.1 Å². The minimum absolute atomic E-state index is 0.0636. The highest BCUT2D eigenvalue weighted by Gasteiger charge is 2.28. The average Bonchev–Trinajstić information content (AvgIpc) is 2.68. The second-order valence-corrected chi connectivity index (χ2v) is 6.71. The van der Waals surface area contributed by atoms with Crippen LogP contribution < -0.4 is 0 Å². The summed E-state index contributed by atoms with van der Waals surface area (Å²) in [7, 11) is 0. The summed E-state index contributed by atoms with van der Waals surface area (Å²) in [5, 5.41) is 19.8. The van der Waals surface area contributed by atoms with E-state index in [9.17, 15) is 19.8 Å². The quantitative estimate of drug-likeness (QED) is 0.866. The second kappa shape index (κ2) is 8.15. The SMILES string of the molecule is O=C(O)c1ccccc1CC(=O)N1CCC(C(O)c2ccccc2)CC1. The van der Waals surface area contributed by atoms with Gasteiger partial charge < -0.3 is 15.1 Å². The number of carboxylic acid groups (broad SMARTS) is 1. The normalized spacial score (nSPS) is 16.3. The largest absolute Gasteiger partial charge is 0.478 e. The van der Waals surface area contributed by atoms with E-state index in [2.05, 4.69) is 0 Å². The first-order chi connectivity index (χ1) is 12.6. The summed E-state index contributed by atoms with van der Waals surface area (Å²) in [6, 6.07) is 16.2. The molecule has 1 aliphatic rings. The average molecular weight is 353 g/mol. The Kier molecular flexibility index (Phi) is 5.68. The molecule has 1 atom stereocenters. The Bertz CT molecular complexity index is 767. The standard InChI is InChI=1S/C21H23NO4/c23-19(14-17-8-4-5-9-18(17)21(25)26)22-12-10-16(11-13-22)20(24)15-6-2-1-3-7-15/h1-9,16,20,24H,10-14H2,(H,25,26). The molecule has 5 nitrogen and oxygen atoms in total. The van der Waals surface area contributed by atoms with E-state index < -0.39 is 12.1 Å². The van der Waals surface area contributed by atoms with E-state index in [1.54, 1.807) is 23.1 Å². The molecule has 0 saturated carbocycles. The lowest BCUT2D eigenvalue weighted by Crippen LogP contribution is -2.40. The van der Waals surface area contributed by atoms with Crippen molar-refractivity contribution in [2.24, 2.45) is 5.92 Å². The molecule has 1 heterocycles. The van der Waals surface area contributed by atoms with Crippen molar-refractivity contribution in [3.63, 3.8) is 0 Å². The molecule has 0 spiro atoms. The van der Waals surface area contributed by atoms with Crippen molar-refractivity contribution in [2.45, 2.75) is 25.4 Å². The number of carbonyl (C=O) groups is 2. The van der Waals surface area contributed by atoms with Crippen LogP contribution in [-0.4, -0.2) is 40.1 Å². The number of amides is 1. The third-order valence-electron chi connectivity index (χ3n) is 5.07. The summed E-state index contributed by atoms with van der Waals surface area (Å²) in [4.78, 5) is 25.6. The van der Waals surface area contributed by atoms with Crippen molar-refractivity contribution in [1.29, 1.82) is 0 Å². The second-order valence-electron chi connectivity index (χ2n) is 6.71. The van der Waals surface area contributed by atoms with E-state index in [0.717, 1.165) is 18.4 Å². The highest BCUT2D eigenvalue weighted by Crippen LogP contribution is 2.30. The predicted molar refractivity (Wildman–Crippen MR) is 97.8 cm³/mol. The summed E-state index contributed by atoms with van der Waals surface area (Å²) in [5.41, 5.74) is 1.62. The first-order valence-corrected chi connectivity index (χ1v) is 8.88. The van der Waals surface area contributed by atoms with Gasteiger partial charge in [0.1, 0.15) is 0 Å². The van der Waals surface area contributed by atoms with E-state index in [1.165, 1.54) is 6.07 Å². The van der Waals surface area contributed by atoms with Gasteiger partial charge in [-0.15, -0.1) is 0 Å². The fourth-order valence-electron chi connectivity index (χ4n) is 3.54. The Morgan fingerprint density at radius 2 is 1.62 bits per heavy atom. The Morgan fingerprint density at radius 3 is 2.27 bits per heavy atom. The van der Waals surface area contributed by atoms with Crippen LogP contribution in [0.25, 0.3) is 0 Å². The van der Waals surface area contributed by atoms with E-state index >= 15 is 0 Å². The van der Waals surface area contributed by atoms with Gasteiger partial charge in [0.15, 0.2) is 0 Å². The number of aliphatic hydroxyl groups is 1. The van der Waals surface area contributed by atoms with E-state index in [0.29, 0.717) is 18.7 Å². The van der Waals surface area contributed by atoms with Gasteiger partial charge in [0.25, 0.3) is 0 Å². The maximum atomic E-state index is 12.6. The molecule has 0 radical (unpaired) electrons. The van der Waals surface area contributed by atoms with Crippen molar-refractivity contribution < 1.29 is 19.8 Å². The van der Waals surface area contributed by atoms with Crippen LogP contribution in [0.5, 0.6) is 0 Å². The third kappa shape index (κ3) is 4.11. The number of likely N-dealkylation sites (tertiary alicyclic amines) is 1. The highest BCUT2D eigenvalue weighted by molar-refractivity contribution is 5.91. The smallest absolute Gasteiger partial charge is 0.335 e. The summed E-state index contributed by atoms with van der Waals surface area (Å²) in [6.07, 6.45) is 1.06. The van der Waals surface area contributed by atoms with Gasteiger partial charge in [0.2, 0.25) is 5.91 Å². The Morgan fingerprint density at radius 1 is 1.00 bits per heavy atom. The molecule has 5 heteroatoms. The molecule has 1 saturated heterocycles. The molecule has 3 rings (SSSR count). The number of hydrogen-bond acceptors (Lipinski definition) is 3. The Balaban J connectivity index is 1.58. The molecule has 26 heavy (non-hydrogen) atoms. The van der Waals surface area contributed by atoms with Crippen molar-refractivity contribution in [2.75, 3.05) is 13.1 Å². The monoisotopic (exact) mass is 353 g/mol. The third-order valence-corrected chi connectivity index (χ3v) is 5.07. The molecule has 2 aromatic carbocycles. The molecular weight excluding hydrogens is 330 g/mol. The number of nitrogens with zero attached hydrogens (tertiary/aromatic N) is 1. The molecular formula is C21H23NO4. The Hall–Kier alpha value is -2.66. The lowest BCUT2D eigenvalue weighted by Gasteiger charge is -2.34. The molecule has 1 aliphatic heterocycles. The maximum Gasteiger partial charge on any atom is 0.335 e. The maximum absolute atomic E-state index is 12.6. The molecule has 1 fully saturated rings. The molecule has 1 unspecified atom stereocenters. The van der Waals surface area contributed by atoms with E-state index in [4.69, 9.17) is 0 Å². The van der Waals surface area contributed by atoms with Crippen LogP contribution >= 0.6 is 0 Å². The van der Waals surface area contributed by atoms with Crippen LogP contribution in [-0.2, 0) is 11.2 Å². The highest BCUT2D eigenvalue weighted by atomic mass is 16.4. The van der Waals surface area contributed by atoms with Gasteiger partial charge in [-0.25, -0.2) is 4.79 Å². The van der Waals surface area contributed by atoms with Gasteiger partial charge in [-0.05, 0) is 36.0 Å². The zero-order chi connectivity index (χ0) is 18.5. The van der Waals surface area contributed by atoms with E-state index in [1.807, 2.05) is 30.3 Å². The summed E-state index contributed by atoms with van der Waals surface area (Å²) >= 11 is 0. The van der Waals surface area contributed by atoms with Crippen LogP contribution in [0.3, 0.4) is 0 Å². The van der Waals surface area contributed by atoms with Crippen LogP contribution in [0.2, 0.25) is 0 Å². The van der Waals surface area contributed by atoms with Gasteiger partial charge in [-0.2, -0.15) is 0 Å². The van der Waals surface area contributed by atoms with Gasteiger partial charge in [-0.1, -0.05) is 48.5 Å². The number of hydrogen-bond donors (Lipinski definition) is 2. The number of aromatic carboxylic acids is 1. The lowest BCUT2D eigenvalue weighted by molar-refractivity contribution is -0.132. The topological polar surface area (TPSA) is 77.8 Å². The zero-order valence-corrected chi connectivity index (χ0v) is 14.5. The fourth-order valence-corrected chi connectivity index (χ4v) is 3.54. The minimum atomic E-state index is -1.02. The first-order valence-electron chi connectivity index (χ1n) is 8.88. The Labute approximate surface area is 152 Å². The molecule has 0 aliphatic carbocycles. The number of aliphatic hydroxyl groups excluding tert-OH is 1. The molecule has 136 valence electrons. The molecule has 0 aromatic heterocycles. The fraction of sp³-hybridized carbons (Fsp3) is 0.333. The molecule has 2 N–H and O–H groups in total. The molecule has 2 aromatic rings. The summed E-state index contributed by atoms with van der Waals surface area (Å²) < 4.78 is 0. The van der Waals surface area contributed by atoms with Crippen LogP contribution in [0.1, 0.15) is 40.4 Å². The van der Waals surface area contributed by atoms with Gasteiger partial charge in [-0.3, -0.25) is 4.79 Å². The summed E-state index contributed by atoms with van der Waals surface area (Å²) in [5.74, 6) is -0.947. The molecule has 0 bridgehead atoms. The van der Waals surface area contributed by atoms with Crippen LogP contribution in [0.15, 0.2) is 54.6 Å². The van der Waals surface area contributed by atoms with Crippen molar-refractivity contribution >= 4 is 11.9 Å².